The lowest BCUT2D eigenvalue weighted by Crippen LogP contribution is -2.51. The molecule has 6 atom stereocenters. The van der Waals surface area contributed by atoms with E-state index in [9.17, 15) is 0 Å². The fourth-order valence-electron chi connectivity index (χ4n) is 12.6. The van der Waals surface area contributed by atoms with E-state index in [2.05, 4.69) is 194 Å². The van der Waals surface area contributed by atoms with Crippen molar-refractivity contribution in [1.82, 2.24) is 9.55 Å². The van der Waals surface area contributed by atoms with Gasteiger partial charge in [0, 0.05) is 57.6 Å². The van der Waals surface area contributed by atoms with Gasteiger partial charge in [-0.15, -0.1) is 0 Å². The van der Waals surface area contributed by atoms with E-state index in [1.54, 1.807) is 0 Å². The van der Waals surface area contributed by atoms with Crippen molar-refractivity contribution in [1.29, 1.82) is 0 Å². The molecule has 4 nitrogen and oxygen atoms in total. The standard InChI is InChI=1S/C56H44N4/c1-34-22-31-42-40-13-4-8-18-46(40)56(50(42)35(34)2)47-19-9-5-15-44(47)53-52(56)51-45-16-7-11-21-49(45)60(55(51,3)33-58-53)39-29-25-37(26-30-39)36-23-27-38(28-24-36)59-48-20-10-6-14-41(48)43-17-12-32-57-54(43)59/h4-21,23-35,50-51H,22H2,1-3H3. The molecule has 0 bridgehead atoms. The van der Waals surface area contributed by atoms with Gasteiger partial charge in [0.1, 0.15) is 5.65 Å². The lowest BCUT2D eigenvalue weighted by atomic mass is 9.55. The van der Waals surface area contributed by atoms with E-state index < -0.39 is 5.54 Å². The maximum absolute atomic E-state index is 5.60. The number of para-hydroxylation sites is 2. The normalized spacial score (nSPS) is 25.6. The van der Waals surface area contributed by atoms with Crippen molar-refractivity contribution in [3.8, 4) is 16.8 Å². The smallest absolute Gasteiger partial charge is 0.145 e. The van der Waals surface area contributed by atoms with Gasteiger partial charge in [0.2, 0.25) is 0 Å². The number of anilines is 2. The Morgan fingerprint density at radius 3 is 2.08 bits per heavy atom. The summed E-state index contributed by atoms with van der Waals surface area (Å²) >= 11 is 0. The van der Waals surface area contributed by atoms with Crippen LogP contribution in [0.1, 0.15) is 60.9 Å². The number of aliphatic imine (C=N–C) groups is 1. The molecular weight excluding hydrogens is 729 g/mol. The Labute approximate surface area is 350 Å². The van der Waals surface area contributed by atoms with Crippen molar-refractivity contribution < 1.29 is 0 Å². The lowest BCUT2D eigenvalue weighted by molar-refractivity contribution is 0.245. The zero-order valence-corrected chi connectivity index (χ0v) is 34.0. The van der Waals surface area contributed by atoms with E-state index in [1.807, 2.05) is 12.3 Å². The Morgan fingerprint density at radius 2 is 1.28 bits per heavy atom. The van der Waals surface area contributed by atoms with Gasteiger partial charge in [-0.25, -0.2) is 4.98 Å². The molecule has 3 aliphatic carbocycles. The van der Waals surface area contributed by atoms with Gasteiger partial charge >= 0.3 is 0 Å². The molecule has 288 valence electrons. The van der Waals surface area contributed by atoms with Gasteiger partial charge in [-0.05, 0) is 118 Å². The predicted octanol–water partition coefficient (Wildman–Crippen LogP) is 13.3. The van der Waals surface area contributed by atoms with Crippen molar-refractivity contribution in [2.75, 3.05) is 4.90 Å². The zero-order chi connectivity index (χ0) is 39.9. The van der Waals surface area contributed by atoms with Gasteiger partial charge in [0.15, 0.2) is 0 Å². The van der Waals surface area contributed by atoms with Crippen LogP contribution in [-0.4, -0.2) is 21.3 Å². The number of hydrogen-bond acceptors (Lipinski definition) is 3. The monoisotopic (exact) mass is 772 g/mol. The van der Waals surface area contributed by atoms with Crippen molar-refractivity contribution in [2.45, 2.75) is 44.1 Å². The highest BCUT2D eigenvalue weighted by Gasteiger charge is 2.66. The minimum atomic E-state index is -0.429. The van der Waals surface area contributed by atoms with Crippen LogP contribution in [0.25, 0.3) is 50.0 Å². The van der Waals surface area contributed by atoms with Gasteiger partial charge in [0.05, 0.1) is 22.2 Å². The number of aromatic nitrogens is 2. The molecule has 4 heterocycles. The molecule has 8 aromatic rings. The fraction of sp³-hybridized carbons (Fsp3) is 0.179. The van der Waals surface area contributed by atoms with Crippen molar-refractivity contribution in [3.63, 3.8) is 0 Å². The number of fused-ring (bicyclic) bond motifs is 16. The summed E-state index contributed by atoms with van der Waals surface area (Å²) in [7, 11) is 0. The van der Waals surface area contributed by atoms with Crippen LogP contribution in [0.3, 0.4) is 0 Å². The maximum Gasteiger partial charge on any atom is 0.145 e. The third kappa shape index (κ3) is 4.21. The molecule has 0 saturated carbocycles. The van der Waals surface area contributed by atoms with Crippen LogP contribution in [0, 0.1) is 17.8 Å². The third-order valence-corrected chi connectivity index (χ3v) is 15.2. The van der Waals surface area contributed by atoms with E-state index in [4.69, 9.17) is 9.98 Å². The zero-order valence-electron chi connectivity index (χ0n) is 34.0. The second-order valence-electron chi connectivity index (χ2n) is 18.0. The Hall–Kier alpha value is -6.78. The van der Waals surface area contributed by atoms with E-state index in [0.717, 1.165) is 17.8 Å². The Morgan fingerprint density at radius 1 is 0.633 bits per heavy atom. The first-order valence-corrected chi connectivity index (χ1v) is 21.6. The van der Waals surface area contributed by atoms with Crippen molar-refractivity contribution >= 4 is 50.8 Å². The number of benzene rings is 6. The van der Waals surface area contributed by atoms with Gasteiger partial charge in [-0.3, -0.25) is 9.56 Å². The summed E-state index contributed by atoms with van der Waals surface area (Å²) in [4.78, 5) is 13.0. The Balaban J connectivity index is 0.924. The van der Waals surface area contributed by atoms with Crippen molar-refractivity contribution in [2.24, 2.45) is 22.7 Å². The van der Waals surface area contributed by atoms with E-state index >= 15 is 0 Å². The molecule has 60 heavy (non-hydrogen) atoms. The van der Waals surface area contributed by atoms with Gasteiger partial charge in [-0.1, -0.05) is 129 Å². The average molecular weight is 773 g/mol. The van der Waals surface area contributed by atoms with Gasteiger partial charge in [0.25, 0.3) is 0 Å². The molecular formula is C56H44N4. The van der Waals surface area contributed by atoms with Crippen molar-refractivity contribution in [3.05, 3.63) is 203 Å². The molecule has 0 radical (unpaired) electrons. The number of nitrogens with zero attached hydrogens (tertiary/aromatic N) is 4. The quantitative estimate of drug-likeness (QED) is 0.179. The number of allylic oxidation sites excluding steroid dienone is 2. The molecule has 5 aliphatic rings. The van der Waals surface area contributed by atoms with Crippen LogP contribution in [0.4, 0.5) is 11.4 Å². The fourth-order valence-corrected chi connectivity index (χ4v) is 12.6. The minimum Gasteiger partial charge on any atom is -0.329 e. The minimum absolute atomic E-state index is 0.105. The van der Waals surface area contributed by atoms with E-state index in [-0.39, 0.29) is 11.3 Å². The topological polar surface area (TPSA) is 33.4 Å². The summed E-state index contributed by atoms with van der Waals surface area (Å²) < 4.78 is 2.27. The summed E-state index contributed by atoms with van der Waals surface area (Å²) in [5.74, 6) is 1.53. The van der Waals surface area contributed by atoms with Crippen LogP contribution in [0.15, 0.2) is 181 Å². The van der Waals surface area contributed by atoms with Gasteiger partial charge < -0.3 is 4.90 Å². The highest BCUT2D eigenvalue weighted by atomic mass is 15.2. The molecule has 0 amide bonds. The lowest BCUT2D eigenvalue weighted by Gasteiger charge is -2.48. The van der Waals surface area contributed by atoms with Gasteiger partial charge in [-0.2, -0.15) is 0 Å². The summed E-state index contributed by atoms with van der Waals surface area (Å²) in [5, 5.41) is 2.39. The number of rotatable bonds is 3. The highest BCUT2D eigenvalue weighted by Crippen LogP contribution is 2.72. The molecule has 4 heteroatoms. The third-order valence-electron chi connectivity index (χ3n) is 15.2. The summed E-state index contributed by atoms with van der Waals surface area (Å²) in [6.45, 7) is 7.41. The molecule has 6 unspecified atom stereocenters. The first-order chi connectivity index (χ1) is 29.5. The molecule has 2 aromatic heterocycles. The second kappa shape index (κ2) is 12.1. The number of hydrogen-bond donors (Lipinski definition) is 0. The van der Waals surface area contributed by atoms with E-state index in [0.29, 0.717) is 17.8 Å². The predicted molar refractivity (Wildman–Crippen MR) is 247 cm³/mol. The summed E-state index contributed by atoms with van der Waals surface area (Å²) in [5.41, 5.74) is 18.5. The van der Waals surface area contributed by atoms with Crippen LogP contribution in [0.5, 0.6) is 0 Å². The van der Waals surface area contributed by atoms with Crippen LogP contribution in [-0.2, 0) is 5.41 Å². The Kier molecular flexibility index (Phi) is 6.90. The molecule has 0 N–H and O–H groups in total. The first-order valence-electron chi connectivity index (χ1n) is 21.6. The molecule has 0 fully saturated rings. The SMILES string of the molecule is CC1CC=C2c3ccccc3C3(C4=C(N=CC5(C)C4c4ccccc4N5c4ccc(-c5ccc(-n6c7ccccc7c7cccnc76)cc5)cc4)c4ccccc43)C2C1C. The molecule has 2 aliphatic heterocycles. The van der Waals surface area contributed by atoms with Crippen LogP contribution >= 0.6 is 0 Å². The van der Waals surface area contributed by atoms with E-state index in [1.165, 1.54) is 83.5 Å². The van der Waals surface area contributed by atoms with Crippen LogP contribution < -0.4 is 4.90 Å². The maximum atomic E-state index is 5.60. The molecule has 1 spiro atoms. The second-order valence-corrected chi connectivity index (χ2v) is 18.0. The molecule has 0 saturated heterocycles. The first kappa shape index (κ1) is 34.1. The Bertz CT molecular complexity index is 3150. The average Bonchev–Trinajstić information content (AvgIpc) is 3.98. The number of pyridine rings is 1. The summed E-state index contributed by atoms with van der Waals surface area (Å²) in [6.07, 6.45) is 7.88. The highest BCUT2D eigenvalue weighted by molar-refractivity contribution is 6.08. The van der Waals surface area contributed by atoms with Crippen LogP contribution in [0.2, 0.25) is 0 Å². The molecule has 6 aromatic carbocycles. The summed E-state index contributed by atoms with van der Waals surface area (Å²) in [6, 6.07) is 58.7. The largest absolute Gasteiger partial charge is 0.329 e. The molecule has 13 rings (SSSR count).